The van der Waals surface area contributed by atoms with E-state index in [2.05, 4.69) is 51.7 Å². The molecular weight excluding hydrogens is 292 g/mol. The Morgan fingerprint density at radius 3 is 2.82 bits per heavy atom. The molecule has 2 aliphatic heterocycles. The van der Waals surface area contributed by atoms with E-state index in [0.29, 0.717) is 0 Å². The molecule has 0 bridgehead atoms. The van der Waals surface area contributed by atoms with Gasteiger partial charge in [0.2, 0.25) is 0 Å². The number of thiophene rings is 1. The second kappa shape index (κ2) is 5.74. The van der Waals surface area contributed by atoms with Crippen LogP contribution in [0.3, 0.4) is 0 Å². The number of anilines is 1. The van der Waals surface area contributed by atoms with Gasteiger partial charge in [-0.05, 0) is 49.5 Å². The topological polar surface area (TPSA) is 48.5 Å². The van der Waals surface area contributed by atoms with Gasteiger partial charge in [-0.15, -0.1) is 11.3 Å². The summed E-state index contributed by atoms with van der Waals surface area (Å²) in [5.41, 5.74) is 2.11. The predicted octanol–water partition coefficient (Wildman–Crippen LogP) is 3.12. The fourth-order valence-corrected chi connectivity index (χ4v) is 3.87. The van der Waals surface area contributed by atoms with Crippen LogP contribution in [0.2, 0.25) is 0 Å². The van der Waals surface area contributed by atoms with Crippen molar-refractivity contribution < 1.29 is 0 Å². The van der Waals surface area contributed by atoms with Gasteiger partial charge in [0, 0.05) is 4.88 Å². The molecule has 0 aliphatic carbocycles. The number of fused-ring (bicyclic) bond motifs is 1. The SMILES string of the molecule is c1csc(CNC2=Nc3ccccc3NC23CCNCC3)c1. The highest BCUT2D eigenvalue weighted by molar-refractivity contribution is 7.09. The Morgan fingerprint density at radius 1 is 1.14 bits per heavy atom. The lowest BCUT2D eigenvalue weighted by Gasteiger charge is -2.42. The van der Waals surface area contributed by atoms with Crippen LogP contribution in [0.5, 0.6) is 0 Å². The molecular formula is C17H20N4S. The van der Waals surface area contributed by atoms with E-state index in [9.17, 15) is 0 Å². The maximum atomic E-state index is 4.94. The number of rotatable bonds is 2. The Kier molecular flexibility index (Phi) is 3.60. The molecule has 22 heavy (non-hydrogen) atoms. The quantitative estimate of drug-likeness (QED) is 0.798. The normalized spacial score (nSPS) is 19.2. The number of para-hydroxylation sites is 2. The number of nitrogens with one attached hydrogen (secondary N) is 3. The number of hydrogen-bond donors (Lipinski definition) is 3. The van der Waals surface area contributed by atoms with Crippen LogP contribution in [0.25, 0.3) is 0 Å². The molecule has 114 valence electrons. The zero-order valence-corrected chi connectivity index (χ0v) is 13.2. The van der Waals surface area contributed by atoms with Crippen molar-refractivity contribution in [1.29, 1.82) is 0 Å². The van der Waals surface area contributed by atoms with Gasteiger partial charge in [0.25, 0.3) is 0 Å². The first-order chi connectivity index (χ1) is 10.9. The molecule has 5 heteroatoms. The molecule has 0 amide bonds. The van der Waals surface area contributed by atoms with Gasteiger partial charge in [-0.2, -0.15) is 0 Å². The van der Waals surface area contributed by atoms with E-state index in [-0.39, 0.29) is 5.54 Å². The molecule has 2 aromatic rings. The largest absolute Gasteiger partial charge is 0.371 e. The summed E-state index contributed by atoms with van der Waals surface area (Å²) >= 11 is 1.78. The Hall–Kier alpha value is -1.85. The van der Waals surface area contributed by atoms with E-state index in [1.165, 1.54) is 4.88 Å². The molecule has 1 aromatic heterocycles. The maximum Gasteiger partial charge on any atom is 0.128 e. The van der Waals surface area contributed by atoms with Crippen molar-refractivity contribution >= 4 is 28.5 Å². The molecule has 4 nitrogen and oxygen atoms in total. The van der Waals surface area contributed by atoms with Crippen molar-refractivity contribution in [3.05, 3.63) is 46.7 Å². The Bertz CT molecular complexity index is 672. The number of nitrogens with zero attached hydrogens (tertiary/aromatic N) is 1. The summed E-state index contributed by atoms with van der Waals surface area (Å²) in [7, 11) is 0. The highest BCUT2D eigenvalue weighted by Crippen LogP contribution is 2.36. The van der Waals surface area contributed by atoms with Crippen molar-refractivity contribution in [1.82, 2.24) is 10.6 Å². The van der Waals surface area contributed by atoms with E-state index < -0.39 is 0 Å². The minimum absolute atomic E-state index is 0.0587. The number of amidine groups is 1. The first-order valence-corrected chi connectivity index (χ1v) is 8.67. The second-order valence-electron chi connectivity index (χ2n) is 5.87. The summed E-state index contributed by atoms with van der Waals surface area (Å²) in [4.78, 5) is 6.28. The standard InChI is InChI=1S/C17H20N4S/c1-2-6-15-14(5-1)20-16(19-12-13-4-3-11-22-13)17(21-15)7-9-18-10-8-17/h1-6,11,18,21H,7-10,12H2,(H,19,20). The molecule has 0 atom stereocenters. The number of piperidine rings is 1. The monoisotopic (exact) mass is 312 g/mol. The lowest BCUT2D eigenvalue weighted by molar-refractivity contribution is 0.412. The molecule has 1 aromatic carbocycles. The van der Waals surface area contributed by atoms with Gasteiger partial charge in [0.05, 0.1) is 23.5 Å². The summed E-state index contributed by atoms with van der Waals surface area (Å²) < 4.78 is 0. The van der Waals surface area contributed by atoms with Crippen LogP contribution in [0, 0.1) is 0 Å². The molecule has 1 fully saturated rings. The number of hydrogen-bond acceptors (Lipinski definition) is 5. The first kappa shape index (κ1) is 13.8. The third kappa shape index (κ3) is 2.51. The van der Waals surface area contributed by atoms with Crippen LogP contribution in [-0.2, 0) is 6.54 Å². The number of benzene rings is 1. The van der Waals surface area contributed by atoms with Crippen LogP contribution < -0.4 is 16.0 Å². The van der Waals surface area contributed by atoms with Gasteiger partial charge >= 0.3 is 0 Å². The van der Waals surface area contributed by atoms with Gasteiger partial charge in [-0.25, -0.2) is 4.99 Å². The highest BCUT2D eigenvalue weighted by Gasteiger charge is 2.40. The van der Waals surface area contributed by atoms with Crippen LogP contribution in [-0.4, -0.2) is 24.5 Å². The van der Waals surface area contributed by atoms with Crippen LogP contribution in [0.15, 0.2) is 46.8 Å². The summed E-state index contributed by atoms with van der Waals surface area (Å²) in [6.07, 6.45) is 2.11. The molecule has 0 saturated carbocycles. The highest BCUT2D eigenvalue weighted by atomic mass is 32.1. The number of aliphatic imine (C=N–C) groups is 1. The second-order valence-corrected chi connectivity index (χ2v) is 6.90. The molecule has 1 saturated heterocycles. The minimum Gasteiger partial charge on any atom is -0.371 e. The molecule has 3 heterocycles. The van der Waals surface area contributed by atoms with Crippen LogP contribution >= 0.6 is 11.3 Å². The molecule has 3 N–H and O–H groups in total. The first-order valence-electron chi connectivity index (χ1n) is 7.79. The molecule has 2 aliphatic rings. The van der Waals surface area contributed by atoms with Crippen molar-refractivity contribution in [3.63, 3.8) is 0 Å². The van der Waals surface area contributed by atoms with Gasteiger partial charge in [0.1, 0.15) is 5.84 Å². The molecule has 0 unspecified atom stereocenters. The summed E-state index contributed by atoms with van der Waals surface area (Å²) in [5, 5.41) is 12.9. The third-order valence-electron chi connectivity index (χ3n) is 4.43. The Morgan fingerprint density at radius 2 is 2.00 bits per heavy atom. The molecule has 4 rings (SSSR count). The van der Waals surface area contributed by atoms with Crippen molar-refractivity contribution in [2.24, 2.45) is 4.99 Å². The fraction of sp³-hybridized carbons (Fsp3) is 0.353. The average molecular weight is 312 g/mol. The van der Waals surface area contributed by atoms with E-state index in [1.807, 2.05) is 6.07 Å². The lowest BCUT2D eigenvalue weighted by atomic mass is 9.85. The van der Waals surface area contributed by atoms with Crippen LogP contribution in [0.4, 0.5) is 11.4 Å². The van der Waals surface area contributed by atoms with Crippen LogP contribution in [0.1, 0.15) is 17.7 Å². The van der Waals surface area contributed by atoms with E-state index >= 15 is 0 Å². The van der Waals surface area contributed by atoms with Gasteiger partial charge in [0.15, 0.2) is 0 Å². The predicted molar refractivity (Wildman–Crippen MR) is 93.2 cm³/mol. The zero-order valence-electron chi connectivity index (χ0n) is 12.4. The smallest absolute Gasteiger partial charge is 0.128 e. The maximum absolute atomic E-state index is 4.94. The molecule has 0 radical (unpaired) electrons. The third-order valence-corrected chi connectivity index (χ3v) is 5.31. The average Bonchev–Trinajstić information content (AvgIpc) is 3.07. The summed E-state index contributed by atoms with van der Waals surface area (Å²) in [6.45, 7) is 2.89. The van der Waals surface area contributed by atoms with E-state index in [4.69, 9.17) is 4.99 Å². The van der Waals surface area contributed by atoms with Crippen molar-refractivity contribution in [2.75, 3.05) is 18.4 Å². The van der Waals surface area contributed by atoms with Gasteiger partial charge in [-0.3, -0.25) is 0 Å². The van der Waals surface area contributed by atoms with Crippen molar-refractivity contribution in [3.8, 4) is 0 Å². The Labute approximate surface area is 134 Å². The van der Waals surface area contributed by atoms with E-state index in [1.54, 1.807) is 11.3 Å². The fourth-order valence-electron chi connectivity index (χ4n) is 3.23. The lowest BCUT2D eigenvalue weighted by Crippen LogP contribution is -2.58. The van der Waals surface area contributed by atoms with Crippen molar-refractivity contribution in [2.45, 2.75) is 24.9 Å². The minimum atomic E-state index is -0.0587. The van der Waals surface area contributed by atoms with Gasteiger partial charge in [-0.1, -0.05) is 18.2 Å². The molecule has 1 spiro atoms. The van der Waals surface area contributed by atoms with E-state index in [0.717, 1.165) is 49.7 Å². The zero-order chi connectivity index (χ0) is 14.8. The summed E-state index contributed by atoms with van der Waals surface area (Å²) in [5.74, 6) is 1.08. The van der Waals surface area contributed by atoms with Gasteiger partial charge < -0.3 is 16.0 Å². The Balaban J connectivity index is 1.65. The summed E-state index contributed by atoms with van der Waals surface area (Å²) in [6, 6.07) is 12.6.